The maximum atomic E-state index is 12.6. The summed E-state index contributed by atoms with van der Waals surface area (Å²) in [5, 5.41) is 5.97. The number of hydrogen-bond acceptors (Lipinski definition) is 4. The van der Waals surface area contributed by atoms with Crippen molar-refractivity contribution in [2.75, 3.05) is 36.4 Å². The van der Waals surface area contributed by atoms with Crippen LogP contribution in [0.2, 0.25) is 0 Å². The fourth-order valence-electron chi connectivity index (χ4n) is 4.09. The van der Waals surface area contributed by atoms with Gasteiger partial charge in [-0.25, -0.2) is 9.78 Å². The highest BCUT2D eigenvalue weighted by Crippen LogP contribution is 2.20. The molecule has 2 fully saturated rings. The predicted molar refractivity (Wildman–Crippen MR) is 117 cm³/mol. The number of benzene rings is 1. The molecule has 0 aliphatic carbocycles. The summed E-state index contributed by atoms with van der Waals surface area (Å²) in [5.41, 5.74) is 1.85. The van der Waals surface area contributed by atoms with Crippen molar-refractivity contribution in [3.8, 4) is 0 Å². The summed E-state index contributed by atoms with van der Waals surface area (Å²) >= 11 is 0. The minimum absolute atomic E-state index is 0.0503. The normalized spacial score (nSPS) is 17.1. The number of para-hydroxylation sites is 1. The molecule has 2 saturated heterocycles. The molecule has 2 aliphatic rings. The first-order valence-electron chi connectivity index (χ1n) is 10.8. The van der Waals surface area contributed by atoms with Crippen LogP contribution in [0.25, 0.3) is 0 Å². The average molecular weight is 408 g/mol. The number of rotatable bonds is 5. The summed E-state index contributed by atoms with van der Waals surface area (Å²) in [6.07, 6.45) is 5.61. The number of nitrogens with one attached hydrogen (secondary N) is 2. The lowest BCUT2D eigenvalue weighted by Crippen LogP contribution is -2.44. The van der Waals surface area contributed by atoms with Crippen LogP contribution in [0.1, 0.15) is 31.2 Å². The lowest BCUT2D eigenvalue weighted by atomic mass is 9.96. The first-order valence-corrected chi connectivity index (χ1v) is 10.8. The van der Waals surface area contributed by atoms with Gasteiger partial charge in [-0.1, -0.05) is 18.2 Å². The zero-order valence-electron chi connectivity index (χ0n) is 17.2. The predicted octanol–water partition coefficient (Wildman–Crippen LogP) is 3.24. The van der Waals surface area contributed by atoms with Gasteiger partial charge in [0.15, 0.2) is 0 Å². The zero-order chi connectivity index (χ0) is 20.8. The monoisotopic (exact) mass is 407 g/mol. The van der Waals surface area contributed by atoms with Crippen molar-refractivity contribution in [3.05, 3.63) is 54.2 Å². The van der Waals surface area contributed by atoms with Crippen LogP contribution in [0, 0.1) is 5.92 Å². The molecule has 3 heterocycles. The highest BCUT2D eigenvalue weighted by molar-refractivity contribution is 5.89. The Labute approximate surface area is 177 Å². The van der Waals surface area contributed by atoms with Gasteiger partial charge >= 0.3 is 6.03 Å². The molecule has 0 radical (unpaired) electrons. The average Bonchev–Trinajstić information content (AvgIpc) is 3.33. The maximum absolute atomic E-state index is 12.6. The van der Waals surface area contributed by atoms with Crippen molar-refractivity contribution in [1.82, 2.24) is 15.2 Å². The van der Waals surface area contributed by atoms with Crippen LogP contribution in [0.15, 0.2) is 48.7 Å². The zero-order valence-corrected chi connectivity index (χ0v) is 17.2. The lowest BCUT2D eigenvalue weighted by Gasteiger charge is -2.31. The highest BCUT2D eigenvalue weighted by atomic mass is 16.2. The summed E-state index contributed by atoms with van der Waals surface area (Å²) in [4.78, 5) is 33.6. The van der Waals surface area contributed by atoms with Gasteiger partial charge < -0.3 is 20.4 Å². The van der Waals surface area contributed by atoms with Gasteiger partial charge in [-0.05, 0) is 55.5 Å². The SMILES string of the molecule is O=C(NCc1ccnc(N2CCCC2)c1)C1CCN(C(=O)Nc2ccccc2)CC1. The first kappa shape index (κ1) is 20.2. The third kappa shape index (κ3) is 5.09. The second-order valence-corrected chi connectivity index (χ2v) is 7.99. The van der Waals surface area contributed by atoms with E-state index in [0.717, 1.165) is 30.2 Å². The summed E-state index contributed by atoms with van der Waals surface area (Å²) in [7, 11) is 0. The van der Waals surface area contributed by atoms with Crippen molar-refractivity contribution in [1.29, 1.82) is 0 Å². The number of carbonyl (C=O) groups excluding carboxylic acids is 2. The van der Waals surface area contributed by atoms with E-state index >= 15 is 0 Å². The molecule has 2 N–H and O–H groups in total. The number of piperidine rings is 1. The van der Waals surface area contributed by atoms with Crippen LogP contribution in [-0.2, 0) is 11.3 Å². The largest absolute Gasteiger partial charge is 0.357 e. The van der Waals surface area contributed by atoms with E-state index in [4.69, 9.17) is 0 Å². The van der Waals surface area contributed by atoms with Crippen LogP contribution in [0.4, 0.5) is 16.3 Å². The molecule has 1 aromatic heterocycles. The van der Waals surface area contributed by atoms with Crippen LogP contribution in [0.5, 0.6) is 0 Å². The minimum atomic E-state index is -0.105. The summed E-state index contributed by atoms with van der Waals surface area (Å²) in [6.45, 7) is 3.80. The molecule has 7 nitrogen and oxygen atoms in total. The molecular formula is C23H29N5O2. The number of aromatic nitrogens is 1. The Balaban J connectivity index is 1.23. The van der Waals surface area contributed by atoms with Crippen LogP contribution < -0.4 is 15.5 Å². The molecule has 3 amide bonds. The first-order chi connectivity index (χ1) is 14.7. The van der Waals surface area contributed by atoms with Crippen molar-refractivity contribution in [2.45, 2.75) is 32.2 Å². The van der Waals surface area contributed by atoms with Gasteiger partial charge in [-0.2, -0.15) is 0 Å². The third-order valence-electron chi connectivity index (χ3n) is 5.88. The molecule has 0 atom stereocenters. The fraction of sp³-hybridized carbons (Fsp3) is 0.435. The summed E-state index contributed by atoms with van der Waals surface area (Å²) in [6, 6.07) is 13.4. The van der Waals surface area contributed by atoms with Gasteiger partial charge in [0.1, 0.15) is 5.82 Å². The summed E-state index contributed by atoms with van der Waals surface area (Å²) < 4.78 is 0. The molecule has 0 saturated carbocycles. The second-order valence-electron chi connectivity index (χ2n) is 7.99. The number of likely N-dealkylation sites (tertiary alicyclic amines) is 1. The van der Waals surface area contributed by atoms with E-state index in [1.807, 2.05) is 42.6 Å². The van der Waals surface area contributed by atoms with Crippen molar-refractivity contribution in [3.63, 3.8) is 0 Å². The van der Waals surface area contributed by atoms with Gasteiger partial charge in [0.25, 0.3) is 0 Å². The molecule has 7 heteroatoms. The number of anilines is 2. The van der Waals surface area contributed by atoms with E-state index in [-0.39, 0.29) is 17.9 Å². The summed E-state index contributed by atoms with van der Waals surface area (Å²) in [5.74, 6) is 1.01. The van der Waals surface area contributed by atoms with Crippen molar-refractivity contribution < 1.29 is 9.59 Å². The van der Waals surface area contributed by atoms with Gasteiger partial charge in [0.2, 0.25) is 5.91 Å². The molecule has 0 bridgehead atoms. The molecule has 2 aromatic rings. The molecular weight excluding hydrogens is 378 g/mol. The Morgan fingerprint density at radius 3 is 2.47 bits per heavy atom. The van der Waals surface area contributed by atoms with E-state index in [9.17, 15) is 9.59 Å². The van der Waals surface area contributed by atoms with Crippen molar-refractivity contribution in [2.24, 2.45) is 5.92 Å². The number of pyridine rings is 1. The Bertz CT molecular complexity index is 859. The van der Waals surface area contributed by atoms with Gasteiger partial charge in [-0.3, -0.25) is 4.79 Å². The lowest BCUT2D eigenvalue weighted by molar-refractivity contribution is -0.126. The second kappa shape index (κ2) is 9.61. The molecule has 1 aromatic carbocycles. The Morgan fingerprint density at radius 2 is 1.73 bits per heavy atom. The molecule has 2 aliphatic heterocycles. The van der Waals surface area contributed by atoms with E-state index < -0.39 is 0 Å². The van der Waals surface area contributed by atoms with Gasteiger partial charge in [0, 0.05) is 50.5 Å². The van der Waals surface area contributed by atoms with Crippen LogP contribution >= 0.6 is 0 Å². The maximum Gasteiger partial charge on any atom is 0.321 e. The molecule has 158 valence electrons. The molecule has 30 heavy (non-hydrogen) atoms. The van der Waals surface area contributed by atoms with Crippen LogP contribution in [0.3, 0.4) is 0 Å². The molecule has 0 spiro atoms. The number of urea groups is 1. The Morgan fingerprint density at radius 1 is 1.00 bits per heavy atom. The highest BCUT2D eigenvalue weighted by Gasteiger charge is 2.27. The van der Waals surface area contributed by atoms with E-state index in [0.29, 0.717) is 32.5 Å². The van der Waals surface area contributed by atoms with E-state index in [1.54, 1.807) is 4.90 Å². The third-order valence-corrected chi connectivity index (χ3v) is 5.88. The van der Waals surface area contributed by atoms with Gasteiger partial charge in [-0.15, -0.1) is 0 Å². The molecule has 4 rings (SSSR count). The Kier molecular flexibility index (Phi) is 6.47. The number of carbonyl (C=O) groups is 2. The van der Waals surface area contributed by atoms with Gasteiger partial charge in [0.05, 0.1) is 0 Å². The number of nitrogens with zero attached hydrogens (tertiary/aromatic N) is 3. The Hall–Kier alpha value is -3.09. The number of hydrogen-bond donors (Lipinski definition) is 2. The topological polar surface area (TPSA) is 77.6 Å². The fourth-order valence-corrected chi connectivity index (χ4v) is 4.09. The smallest absolute Gasteiger partial charge is 0.321 e. The standard InChI is InChI=1S/C23H29N5O2/c29-22(25-17-18-8-11-24-21(16-18)27-12-4-5-13-27)19-9-14-28(15-10-19)23(30)26-20-6-2-1-3-7-20/h1-3,6-8,11,16,19H,4-5,9-10,12-15,17H2,(H,25,29)(H,26,30). The number of amides is 3. The quantitative estimate of drug-likeness (QED) is 0.798. The van der Waals surface area contributed by atoms with Crippen LogP contribution in [-0.4, -0.2) is 48.0 Å². The minimum Gasteiger partial charge on any atom is -0.357 e. The van der Waals surface area contributed by atoms with E-state index in [1.165, 1.54) is 12.8 Å². The van der Waals surface area contributed by atoms with Crippen molar-refractivity contribution >= 4 is 23.4 Å². The van der Waals surface area contributed by atoms with E-state index in [2.05, 4.69) is 26.6 Å². The molecule has 0 unspecified atom stereocenters.